The summed E-state index contributed by atoms with van der Waals surface area (Å²) in [6, 6.07) is 5.62. The highest BCUT2D eigenvalue weighted by atomic mass is 35.5. The number of nitrogens with one attached hydrogen (secondary N) is 1. The van der Waals surface area contributed by atoms with Crippen molar-refractivity contribution in [1.82, 2.24) is 0 Å². The molecule has 0 radical (unpaired) electrons. The highest BCUT2D eigenvalue weighted by Gasteiger charge is 2.11. The van der Waals surface area contributed by atoms with Gasteiger partial charge in [0.1, 0.15) is 5.84 Å². The van der Waals surface area contributed by atoms with Gasteiger partial charge in [-0.2, -0.15) is 0 Å². The van der Waals surface area contributed by atoms with Crippen LogP contribution in [0.1, 0.15) is 25.3 Å². The number of amidine groups is 1. The maximum atomic E-state index is 11.2. The largest absolute Gasteiger partial charge is 0.344 e. The Kier molecular flexibility index (Phi) is 3.87. The molecule has 1 N–H and O–H groups in total. The lowest BCUT2D eigenvalue weighted by Crippen LogP contribution is -2.17. The number of aliphatic imine (C=N–C) groups is 1. The second-order valence-corrected chi connectivity index (χ2v) is 4.69. The summed E-state index contributed by atoms with van der Waals surface area (Å²) in [4.78, 5) is 15.6. The molecular weight excluding hydrogens is 250 g/mol. The van der Waals surface area contributed by atoms with Crippen LogP contribution < -0.4 is 9.74 Å². The number of hydrogen-bond acceptors (Lipinski definition) is 3. The van der Waals surface area contributed by atoms with Crippen molar-refractivity contribution in [3.05, 3.63) is 23.8 Å². The first-order valence-electron chi connectivity index (χ1n) is 5.95. The van der Waals surface area contributed by atoms with Gasteiger partial charge < -0.3 is 5.32 Å². The Balaban J connectivity index is 2.17. The average Bonchev–Trinajstić information content (AvgIpc) is 2.83. The van der Waals surface area contributed by atoms with E-state index < -0.39 is 0 Å². The quantitative estimate of drug-likeness (QED) is 0.835. The number of aryl methyl sites for hydroxylation is 1. The molecule has 0 bridgehead atoms. The minimum absolute atomic E-state index is 0.197. The van der Waals surface area contributed by atoms with Gasteiger partial charge in [-0.1, -0.05) is 0 Å². The number of nitrogens with zero attached hydrogens (tertiary/aromatic N) is 2. The predicted molar refractivity (Wildman–Crippen MR) is 75.4 cm³/mol. The number of halogens is 1. The smallest absolute Gasteiger partial charge is 0.238 e. The van der Waals surface area contributed by atoms with E-state index in [0.29, 0.717) is 5.69 Å². The van der Waals surface area contributed by atoms with Gasteiger partial charge in [0.15, 0.2) is 0 Å². The number of benzene rings is 1. The third-order valence-electron chi connectivity index (χ3n) is 2.87. The summed E-state index contributed by atoms with van der Waals surface area (Å²) in [7, 11) is 0. The molecule has 0 saturated heterocycles. The molecule has 0 atom stereocenters. The molecule has 1 heterocycles. The van der Waals surface area contributed by atoms with Gasteiger partial charge in [0.05, 0.1) is 5.69 Å². The van der Waals surface area contributed by atoms with Gasteiger partial charge in [-0.25, -0.2) is 4.42 Å². The Morgan fingerprint density at radius 3 is 2.83 bits per heavy atom. The van der Waals surface area contributed by atoms with Crippen LogP contribution >= 0.6 is 11.8 Å². The van der Waals surface area contributed by atoms with E-state index >= 15 is 0 Å². The van der Waals surface area contributed by atoms with Crippen LogP contribution in [0.4, 0.5) is 11.4 Å². The van der Waals surface area contributed by atoms with Crippen molar-refractivity contribution in [3.63, 3.8) is 0 Å². The fraction of sp³-hybridized carbons (Fsp3) is 0.385. The van der Waals surface area contributed by atoms with E-state index in [4.69, 9.17) is 11.8 Å². The second kappa shape index (κ2) is 5.40. The summed E-state index contributed by atoms with van der Waals surface area (Å²) < 4.78 is 1.11. The molecule has 1 aromatic rings. The molecule has 1 aliphatic rings. The Bertz CT molecular complexity index is 499. The van der Waals surface area contributed by atoms with Crippen molar-refractivity contribution < 1.29 is 4.79 Å². The van der Waals surface area contributed by atoms with Gasteiger partial charge in [0.2, 0.25) is 5.91 Å². The lowest BCUT2D eigenvalue weighted by molar-refractivity contribution is -0.115. The Hall–Kier alpha value is -1.55. The van der Waals surface area contributed by atoms with Crippen molar-refractivity contribution in [2.45, 2.75) is 26.7 Å². The maximum absolute atomic E-state index is 11.2. The van der Waals surface area contributed by atoms with Gasteiger partial charge >= 0.3 is 0 Å². The van der Waals surface area contributed by atoms with E-state index in [-0.39, 0.29) is 5.91 Å². The van der Waals surface area contributed by atoms with Crippen molar-refractivity contribution in [2.24, 2.45) is 4.99 Å². The molecular formula is C13H16ClN3O. The maximum Gasteiger partial charge on any atom is 0.238 e. The molecule has 0 aromatic heterocycles. The average molecular weight is 266 g/mol. The summed E-state index contributed by atoms with van der Waals surface area (Å²) in [5.41, 5.74) is 2.72. The molecule has 96 valence electrons. The first kappa shape index (κ1) is 12.9. The molecule has 18 heavy (non-hydrogen) atoms. The number of carbonyl (C=O) groups is 1. The van der Waals surface area contributed by atoms with Gasteiger partial charge in [0.25, 0.3) is 0 Å². The van der Waals surface area contributed by atoms with E-state index in [1.165, 1.54) is 6.92 Å². The number of anilines is 2. The van der Waals surface area contributed by atoms with Crippen LogP contribution in [0.5, 0.6) is 0 Å². The lowest BCUT2D eigenvalue weighted by Gasteiger charge is -2.15. The summed E-state index contributed by atoms with van der Waals surface area (Å²) in [5, 5.41) is 3.31. The molecule has 5 heteroatoms. The molecule has 0 saturated carbocycles. The van der Waals surface area contributed by atoms with E-state index in [1.807, 2.05) is 25.1 Å². The Morgan fingerprint density at radius 2 is 2.28 bits per heavy atom. The molecule has 0 spiro atoms. The third-order valence-corrected chi connectivity index (χ3v) is 3.30. The number of carbonyl (C=O) groups excluding carboxylic acids is 1. The van der Waals surface area contributed by atoms with E-state index in [9.17, 15) is 4.79 Å². The van der Waals surface area contributed by atoms with Crippen molar-refractivity contribution in [2.75, 3.05) is 16.3 Å². The molecule has 2 rings (SSSR count). The van der Waals surface area contributed by atoms with Crippen LogP contribution in [0.3, 0.4) is 0 Å². The van der Waals surface area contributed by atoms with Crippen LogP contribution in [-0.2, 0) is 4.79 Å². The fourth-order valence-corrected chi connectivity index (χ4v) is 1.99. The molecule has 1 aromatic carbocycles. The van der Waals surface area contributed by atoms with Crippen molar-refractivity contribution in [1.29, 1.82) is 0 Å². The van der Waals surface area contributed by atoms with Gasteiger partial charge in [0, 0.05) is 37.4 Å². The summed E-state index contributed by atoms with van der Waals surface area (Å²) >= 11 is 5.88. The predicted octanol–water partition coefficient (Wildman–Crippen LogP) is 3.11. The summed E-state index contributed by atoms with van der Waals surface area (Å²) in [6.07, 6.45) is 2.11. The molecule has 4 nitrogen and oxygen atoms in total. The summed E-state index contributed by atoms with van der Waals surface area (Å²) in [5.74, 6) is 0.831. The Labute approximate surface area is 112 Å². The van der Waals surface area contributed by atoms with Crippen LogP contribution in [0.15, 0.2) is 23.2 Å². The highest BCUT2D eigenvalue weighted by molar-refractivity contribution is 6.36. The molecule has 0 fully saturated rings. The van der Waals surface area contributed by atoms with Crippen LogP contribution in [0.25, 0.3) is 0 Å². The molecule has 0 aliphatic carbocycles. The number of hydrogen-bond donors (Lipinski definition) is 1. The monoisotopic (exact) mass is 265 g/mol. The molecule has 0 unspecified atom stereocenters. The van der Waals surface area contributed by atoms with Gasteiger partial charge in [-0.3, -0.25) is 9.79 Å². The Morgan fingerprint density at radius 1 is 1.50 bits per heavy atom. The van der Waals surface area contributed by atoms with Gasteiger partial charge in [-0.05, 0) is 37.1 Å². The zero-order valence-electron chi connectivity index (χ0n) is 10.5. The van der Waals surface area contributed by atoms with E-state index in [1.54, 1.807) is 0 Å². The fourth-order valence-electron chi connectivity index (χ4n) is 1.89. The first-order valence-corrected chi connectivity index (χ1v) is 6.29. The van der Waals surface area contributed by atoms with E-state index in [2.05, 4.69) is 10.3 Å². The van der Waals surface area contributed by atoms with Crippen molar-refractivity contribution >= 4 is 34.9 Å². The third kappa shape index (κ3) is 2.82. The minimum atomic E-state index is -0.197. The zero-order valence-corrected chi connectivity index (χ0v) is 11.3. The van der Waals surface area contributed by atoms with E-state index in [0.717, 1.165) is 40.9 Å². The lowest BCUT2D eigenvalue weighted by atomic mass is 10.1. The second-order valence-electron chi connectivity index (χ2n) is 4.36. The van der Waals surface area contributed by atoms with Gasteiger partial charge in [-0.15, -0.1) is 0 Å². The minimum Gasteiger partial charge on any atom is -0.344 e. The first-order chi connectivity index (χ1) is 8.58. The standard InChI is InChI=1S/C13H16ClN3O/c1-9-8-11(17(14)10(2)18)5-6-12(9)16-13-4-3-7-15-13/h5-6,8H,3-4,7H2,1-2H3,(H,15,16). The number of amides is 1. The summed E-state index contributed by atoms with van der Waals surface area (Å²) in [6.45, 7) is 4.31. The zero-order chi connectivity index (χ0) is 13.1. The highest BCUT2D eigenvalue weighted by Crippen LogP contribution is 2.24. The number of rotatable bonds is 2. The molecule has 1 aliphatic heterocycles. The van der Waals surface area contributed by atoms with Crippen LogP contribution in [0, 0.1) is 6.92 Å². The normalized spacial score (nSPS) is 14.3. The topological polar surface area (TPSA) is 44.7 Å². The van der Waals surface area contributed by atoms with Crippen LogP contribution in [0.2, 0.25) is 0 Å². The van der Waals surface area contributed by atoms with Crippen LogP contribution in [-0.4, -0.2) is 18.3 Å². The SMILES string of the molecule is CC(=O)N(Cl)c1ccc(NC2=NCCC2)c(C)c1. The molecule has 1 amide bonds. The van der Waals surface area contributed by atoms with Crippen molar-refractivity contribution in [3.8, 4) is 0 Å².